The van der Waals surface area contributed by atoms with Crippen molar-refractivity contribution in [3.63, 3.8) is 0 Å². The van der Waals surface area contributed by atoms with E-state index in [-0.39, 0.29) is 0 Å². The quantitative estimate of drug-likeness (QED) is 0.153. The molecule has 0 N–H and O–H groups in total. The maximum absolute atomic E-state index is 6.26. The monoisotopic (exact) mass is 866 g/mol. The van der Waals surface area contributed by atoms with Crippen LogP contribution in [0.3, 0.4) is 0 Å². The zero-order chi connectivity index (χ0) is 45.0. The van der Waals surface area contributed by atoms with Gasteiger partial charge in [0.2, 0.25) is 0 Å². The molecule has 0 radical (unpaired) electrons. The van der Waals surface area contributed by atoms with Crippen molar-refractivity contribution in [1.29, 1.82) is 0 Å². The number of nitrogens with zero attached hydrogens (tertiary/aromatic N) is 2. The van der Waals surface area contributed by atoms with Crippen LogP contribution in [-0.4, -0.2) is 9.97 Å². The summed E-state index contributed by atoms with van der Waals surface area (Å²) in [7, 11) is 0. The lowest BCUT2D eigenvalue weighted by atomic mass is 9.66. The summed E-state index contributed by atoms with van der Waals surface area (Å²) in [6.07, 6.45) is 0. The number of fused-ring (bicyclic) bond motifs is 6. The molecule has 0 bridgehead atoms. The van der Waals surface area contributed by atoms with Gasteiger partial charge in [-0.2, -0.15) is 0 Å². The van der Waals surface area contributed by atoms with E-state index in [9.17, 15) is 0 Å². The second-order valence-corrected chi connectivity index (χ2v) is 17.6. The Morgan fingerprint density at radius 2 is 0.809 bits per heavy atom. The number of hydrogen-bond donors (Lipinski definition) is 0. The Bertz CT molecular complexity index is 3800. The second-order valence-electron chi connectivity index (χ2n) is 17.6. The van der Waals surface area contributed by atoms with Gasteiger partial charge in [0.15, 0.2) is 5.82 Å². The van der Waals surface area contributed by atoms with Crippen molar-refractivity contribution < 1.29 is 4.42 Å². The predicted molar refractivity (Wildman–Crippen MR) is 279 cm³/mol. The molecule has 318 valence electrons. The summed E-state index contributed by atoms with van der Waals surface area (Å²) >= 11 is 0. The third kappa shape index (κ3) is 6.43. The molecule has 0 spiro atoms. The smallest absolute Gasteiger partial charge is 0.160 e. The van der Waals surface area contributed by atoms with Crippen LogP contribution in [0.25, 0.3) is 100 Å². The van der Waals surface area contributed by atoms with Crippen molar-refractivity contribution in [2.24, 2.45) is 0 Å². The number of para-hydroxylation sites is 1. The van der Waals surface area contributed by atoms with Crippen LogP contribution < -0.4 is 0 Å². The van der Waals surface area contributed by atoms with E-state index in [0.29, 0.717) is 5.82 Å². The minimum atomic E-state index is -0.579. The highest BCUT2D eigenvalue weighted by atomic mass is 16.3. The molecule has 2 aromatic heterocycles. The summed E-state index contributed by atoms with van der Waals surface area (Å²) in [5, 5.41) is 2.20. The largest absolute Gasteiger partial charge is 0.456 e. The molecule has 1 aliphatic carbocycles. The Hall–Kier alpha value is -8.92. The van der Waals surface area contributed by atoms with E-state index in [2.05, 4.69) is 237 Å². The summed E-state index contributed by atoms with van der Waals surface area (Å²) in [5.41, 5.74) is 20.0. The van der Waals surface area contributed by atoms with Crippen molar-refractivity contribution in [2.45, 2.75) is 5.41 Å². The molecule has 0 atom stereocenters. The lowest BCUT2D eigenvalue weighted by molar-refractivity contribution is 0.669. The number of benzene rings is 10. The van der Waals surface area contributed by atoms with Gasteiger partial charge in [-0.25, -0.2) is 9.97 Å². The summed E-state index contributed by atoms with van der Waals surface area (Å²) in [6.45, 7) is 0. The molecule has 3 heteroatoms. The van der Waals surface area contributed by atoms with Gasteiger partial charge in [0, 0.05) is 27.5 Å². The van der Waals surface area contributed by atoms with Crippen molar-refractivity contribution in [2.75, 3.05) is 0 Å². The highest BCUT2D eigenvalue weighted by Crippen LogP contribution is 2.59. The van der Waals surface area contributed by atoms with Crippen LogP contribution in [0.1, 0.15) is 22.3 Å². The van der Waals surface area contributed by atoms with E-state index in [0.717, 1.165) is 77.8 Å². The molecule has 0 aliphatic heterocycles. The van der Waals surface area contributed by atoms with Gasteiger partial charge in [0.05, 0.1) is 16.8 Å². The first-order valence-corrected chi connectivity index (χ1v) is 23.2. The number of furan rings is 1. The fourth-order valence-corrected chi connectivity index (χ4v) is 10.8. The fourth-order valence-electron chi connectivity index (χ4n) is 10.8. The lowest BCUT2D eigenvalue weighted by Gasteiger charge is -2.35. The lowest BCUT2D eigenvalue weighted by Crippen LogP contribution is -2.29. The molecule has 1 aliphatic rings. The van der Waals surface area contributed by atoms with Gasteiger partial charge >= 0.3 is 0 Å². The standard InChI is InChI=1S/C65H42N2O/c1-5-20-43(21-6-1)46-38-47(45-36-37-62-57(41-45)54-31-16-18-35-61(54)68-62)40-48(39-46)59-42-60(67-64(66-59)44-22-7-2-8-23-44)53-30-14-13-28-51(53)55-32-19-33-56-52-29-15-17-34-58(52)65(63(55)56,49-24-9-3-10-25-49)50-26-11-4-12-27-50/h1-42H. The number of aromatic nitrogens is 2. The zero-order valence-corrected chi connectivity index (χ0v) is 37.1. The predicted octanol–water partition coefficient (Wildman–Crippen LogP) is 16.7. The van der Waals surface area contributed by atoms with E-state index in [1.165, 1.54) is 38.9 Å². The third-order valence-electron chi connectivity index (χ3n) is 13.8. The van der Waals surface area contributed by atoms with Crippen LogP contribution in [0, 0.1) is 0 Å². The molecule has 13 rings (SSSR count). The topological polar surface area (TPSA) is 38.9 Å². The summed E-state index contributed by atoms with van der Waals surface area (Å²) in [6, 6.07) is 91.4. The molecular formula is C65H42N2O. The maximum Gasteiger partial charge on any atom is 0.160 e. The van der Waals surface area contributed by atoms with Crippen LogP contribution in [0.5, 0.6) is 0 Å². The van der Waals surface area contributed by atoms with Gasteiger partial charge < -0.3 is 4.42 Å². The van der Waals surface area contributed by atoms with E-state index in [1.54, 1.807) is 0 Å². The van der Waals surface area contributed by atoms with Crippen LogP contribution in [0.15, 0.2) is 259 Å². The summed E-state index contributed by atoms with van der Waals surface area (Å²) in [4.78, 5) is 10.9. The molecule has 0 amide bonds. The number of rotatable bonds is 8. The fraction of sp³-hybridized carbons (Fsp3) is 0.0154. The normalized spacial score (nSPS) is 12.5. The van der Waals surface area contributed by atoms with E-state index in [4.69, 9.17) is 14.4 Å². The van der Waals surface area contributed by atoms with Crippen LogP contribution in [0.2, 0.25) is 0 Å². The first kappa shape index (κ1) is 39.4. The summed E-state index contributed by atoms with van der Waals surface area (Å²) in [5.74, 6) is 0.666. The Kier molecular flexibility index (Phi) is 9.40. The molecule has 2 heterocycles. The molecule has 3 nitrogen and oxygen atoms in total. The Morgan fingerprint density at radius 1 is 0.294 bits per heavy atom. The SMILES string of the molecule is c1ccc(-c2cc(-c3ccc4oc5ccccc5c4c3)cc(-c3cc(-c4ccccc4-c4cccc5c4C(c4ccccc4)(c4ccccc4)c4ccccc4-5)nc(-c4ccccc4)n3)c2)cc1. The molecule has 0 saturated carbocycles. The Labute approximate surface area is 395 Å². The van der Waals surface area contributed by atoms with Crippen molar-refractivity contribution in [3.05, 3.63) is 277 Å². The number of hydrogen-bond acceptors (Lipinski definition) is 3. The van der Waals surface area contributed by atoms with Gasteiger partial charge in [-0.1, -0.05) is 212 Å². The van der Waals surface area contributed by atoms with Gasteiger partial charge in [-0.3, -0.25) is 0 Å². The van der Waals surface area contributed by atoms with Gasteiger partial charge in [-0.15, -0.1) is 0 Å². The molecule has 10 aromatic carbocycles. The Morgan fingerprint density at radius 3 is 1.53 bits per heavy atom. The minimum absolute atomic E-state index is 0.579. The summed E-state index contributed by atoms with van der Waals surface area (Å²) < 4.78 is 6.26. The molecule has 68 heavy (non-hydrogen) atoms. The molecule has 0 saturated heterocycles. The molecule has 12 aromatic rings. The van der Waals surface area contributed by atoms with Gasteiger partial charge in [0.1, 0.15) is 11.2 Å². The van der Waals surface area contributed by atoms with E-state index >= 15 is 0 Å². The van der Waals surface area contributed by atoms with E-state index < -0.39 is 5.41 Å². The van der Waals surface area contributed by atoms with Gasteiger partial charge in [0.25, 0.3) is 0 Å². The molecular weight excluding hydrogens is 825 g/mol. The Balaban J connectivity index is 1.05. The first-order chi connectivity index (χ1) is 33.7. The highest BCUT2D eigenvalue weighted by molar-refractivity contribution is 6.06. The molecule has 0 fully saturated rings. The van der Waals surface area contributed by atoms with Crippen molar-refractivity contribution in [3.8, 4) is 78.4 Å². The van der Waals surface area contributed by atoms with Crippen molar-refractivity contribution in [1.82, 2.24) is 9.97 Å². The van der Waals surface area contributed by atoms with Crippen LogP contribution in [-0.2, 0) is 5.41 Å². The highest BCUT2D eigenvalue weighted by Gasteiger charge is 2.47. The third-order valence-corrected chi connectivity index (χ3v) is 13.8. The minimum Gasteiger partial charge on any atom is -0.456 e. The average Bonchev–Trinajstić information content (AvgIpc) is 3.95. The van der Waals surface area contributed by atoms with Crippen LogP contribution in [0.4, 0.5) is 0 Å². The van der Waals surface area contributed by atoms with Crippen molar-refractivity contribution >= 4 is 21.9 Å². The first-order valence-electron chi connectivity index (χ1n) is 23.2. The second kappa shape index (κ2) is 16.2. The van der Waals surface area contributed by atoms with Crippen LogP contribution >= 0.6 is 0 Å². The maximum atomic E-state index is 6.26. The van der Waals surface area contributed by atoms with E-state index in [1.807, 2.05) is 18.2 Å². The average molecular weight is 867 g/mol. The zero-order valence-electron chi connectivity index (χ0n) is 37.1. The van der Waals surface area contributed by atoms with Gasteiger partial charge in [-0.05, 0) is 109 Å². The molecule has 0 unspecified atom stereocenters.